The zero-order chi connectivity index (χ0) is 15.9. The van der Waals surface area contributed by atoms with Crippen LogP contribution in [0.5, 0.6) is 0 Å². The van der Waals surface area contributed by atoms with E-state index >= 15 is 0 Å². The first-order valence-corrected chi connectivity index (χ1v) is 7.72. The van der Waals surface area contributed by atoms with Gasteiger partial charge in [0.05, 0.1) is 0 Å². The first kappa shape index (κ1) is 16.7. The quantitative estimate of drug-likeness (QED) is 0.727. The fraction of sp³-hybridized carbons (Fsp3) is 0.368. The maximum Gasteiger partial charge on any atom is 0.119 e. The van der Waals surface area contributed by atoms with E-state index in [0.29, 0.717) is 0 Å². The van der Waals surface area contributed by atoms with Crippen LogP contribution in [-0.2, 0) is 13.1 Å². The molecule has 0 N–H and O–H groups in total. The van der Waals surface area contributed by atoms with Gasteiger partial charge in [0.1, 0.15) is 6.29 Å². The molecule has 0 amide bonds. The van der Waals surface area contributed by atoms with Crippen molar-refractivity contribution in [1.82, 2.24) is 14.7 Å². The number of rotatable bonds is 7. The van der Waals surface area contributed by atoms with Crippen LogP contribution >= 0.6 is 0 Å². The number of benzene rings is 2. The van der Waals surface area contributed by atoms with Gasteiger partial charge in [-0.3, -0.25) is 14.7 Å². The highest BCUT2D eigenvalue weighted by Crippen LogP contribution is 2.16. The summed E-state index contributed by atoms with van der Waals surface area (Å²) < 4.78 is 0. The lowest BCUT2D eigenvalue weighted by Gasteiger charge is -2.40. The van der Waals surface area contributed by atoms with Crippen molar-refractivity contribution >= 4 is 0 Å². The Hall–Kier alpha value is -1.68. The Morgan fingerprint density at radius 3 is 1.32 bits per heavy atom. The Morgan fingerprint density at radius 2 is 1.00 bits per heavy atom. The third-order valence-electron chi connectivity index (χ3n) is 3.71. The normalized spacial score (nSPS) is 11.8. The first-order chi connectivity index (χ1) is 10.6. The topological polar surface area (TPSA) is 9.72 Å². The average molecular weight is 297 g/mol. The summed E-state index contributed by atoms with van der Waals surface area (Å²) in [5.41, 5.74) is 2.68. The predicted octanol–water partition coefficient (Wildman–Crippen LogP) is 3.10. The van der Waals surface area contributed by atoms with E-state index in [1.54, 1.807) is 0 Å². The standard InChI is InChI=1S/C19H27N3/c1-20(2)19(21(3)4)22(15-17-11-7-5-8-12-17)16-18-13-9-6-10-14-18/h5-14,19H,15-16H2,1-4H3. The highest BCUT2D eigenvalue weighted by molar-refractivity contribution is 5.17. The summed E-state index contributed by atoms with van der Waals surface area (Å²) in [5.74, 6) is 0. The van der Waals surface area contributed by atoms with E-state index in [1.165, 1.54) is 11.1 Å². The van der Waals surface area contributed by atoms with E-state index in [9.17, 15) is 0 Å². The summed E-state index contributed by atoms with van der Waals surface area (Å²) in [7, 11) is 8.53. The molecule has 0 spiro atoms. The van der Waals surface area contributed by atoms with E-state index in [4.69, 9.17) is 0 Å². The maximum absolute atomic E-state index is 2.49. The number of nitrogens with zero attached hydrogens (tertiary/aromatic N) is 3. The molecule has 22 heavy (non-hydrogen) atoms. The van der Waals surface area contributed by atoms with Crippen molar-refractivity contribution in [1.29, 1.82) is 0 Å². The Balaban J connectivity index is 2.23. The summed E-state index contributed by atoms with van der Waals surface area (Å²) in [4.78, 5) is 7.00. The molecule has 0 aromatic heterocycles. The molecule has 0 saturated carbocycles. The molecule has 0 radical (unpaired) electrons. The highest BCUT2D eigenvalue weighted by atomic mass is 15.5. The molecule has 0 heterocycles. The monoisotopic (exact) mass is 297 g/mol. The van der Waals surface area contributed by atoms with Crippen LogP contribution in [0.4, 0.5) is 0 Å². The maximum atomic E-state index is 2.49. The predicted molar refractivity (Wildman–Crippen MR) is 93.3 cm³/mol. The minimum Gasteiger partial charge on any atom is -0.282 e. The van der Waals surface area contributed by atoms with Gasteiger partial charge in [0.2, 0.25) is 0 Å². The van der Waals surface area contributed by atoms with Crippen LogP contribution in [0, 0.1) is 0 Å². The molecule has 0 saturated heterocycles. The van der Waals surface area contributed by atoms with Gasteiger partial charge in [0.15, 0.2) is 0 Å². The molecule has 3 nitrogen and oxygen atoms in total. The SMILES string of the molecule is CN(C)C(N(C)C)N(Cc1ccccc1)Cc1ccccc1. The van der Waals surface area contributed by atoms with Crippen molar-refractivity contribution in [3.63, 3.8) is 0 Å². The van der Waals surface area contributed by atoms with E-state index in [2.05, 4.69) is 104 Å². The Kier molecular flexibility index (Phi) is 6.13. The van der Waals surface area contributed by atoms with Crippen molar-refractivity contribution in [2.45, 2.75) is 19.4 Å². The van der Waals surface area contributed by atoms with Crippen LogP contribution in [0.25, 0.3) is 0 Å². The molecule has 3 heteroatoms. The third-order valence-corrected chi connectivity index (χ3v) is 3.71. The number of hydrogen-bond acceptors (Lipinski definition) is 3. The molecule has 2 aromatic rings. The van der Waals surface area contributed by atoms with Gasteiger partial charge >= 0.3 is 0 Å². The fourth-order valence-electron chi connectivity index (χ4n) is 2.97. The third kappa shape index (κ3) is 4.67. The second kappa shape index (κ2) is 8.08. The molecule has 0 unspecified atom stereocenters. The molecule has 118 valence electrons. The molecule has 0 fully saturated rings. The van der Waals surface area contributed by atoms with Crippen LogP contribution in [-0.4, -0.2) is 49.2 Å². The van der Waals surface area contributed by atoms with E-state index in [-0.39, 0.29) is 6.29 Å². The van der Waals surface area contributed by atoms with Crippen molar-refractivity contribution in [2.24, 2.45) is 0 Å². The molecule has 2 rings (SSSR count). The van der Waals surface area contributed by atoms with E-state index in [1.807, 2.05) is 0 Å². The Morgan fingerprint density at radius 1 is 0.636 bits per heavy atom. The highest BCUT2D eigenvalue weighted by Gasteiger charge is 2.23. The molecule has 0 aliphatic heterocycles. The molecule has 0 aliphatic carbocycles. The Labute approximate surface area is 134 Å². The second-order valence-electron chi connectivity index (χ2n) is 6.15. The van der Waals surface area contributed by atoms with Crippen LogP contribution in [0.2, 0.25) is 0 Å². The molecule has 0 bridgehead atoms. The van der Waals surface area contributed by atoms with Gasteiger partial charge in [0, 0.05) is 13.1 Å². The van der Waals surface area contributed by atoms with Gasteiger partial charge in [-0.25, -0.2) is 0 Å². The van der Waals surface area contributed by atoms with Crippen LogP contribution < -0.4 is 0 Å². The lowest BCUT2D eigenvalue weighted by Crippen LogP contribution is -2.52. The molecular weight excluding hydrogens is 270 g/mol. The van der Waals surface area contributed by atoms with Crippen molar-refractivity contribution in [3.8, 4) is 0 Å². The van der Waals surface area contributed by atoms with Crippen molar-refractivity contribution in [3.05, 3.63) is 71.8 Å². The zero-order valence-electron chi connectivity index (χ0n) is 14.1. The zero-order valence-corrected chi connectivity index (χ0v) is 14.1. The summed E-state index contributed by atoms with van der Waals surface area (Å²) in [5, 5.41) is 0. The molecule has 0 aliphatic rings. The van der Waals surface area contributed by atoms with Crippen molar-refractivity contribution < 1.29 is 0 Å². The van der Waals surface area contributed by atoms with Gasteiger partial charge in [-0.2, -0.15) is 0 Å². The van der Waals surface area contributed by atoms with Gasteiger partial charge in [0.25, 0.3) is 0 Å². The van der Waals surface area contributed by atoms with Crippen molar-refractivity contribution in [2.75, 3.05) is 28.2 Å². The summed E-state index contributed by atoms with van der Waals surface area (Å²) in [6.45, 7) is 1.85. The first-order valence-electron chi connectivity index (χ1n) is 7.72. The smallest absolute Gasteiger partial charge is 0.119 e. The van der Waals surface area contributed by atoms with Gasteiger partial charge in [-0.05, 0) is 39.3 Å². The minimum absolute atomic E-state index is 0.250. The van der Waals surface area contributed by atoms with Crippen LogP contribution in [0.1, 0.15) is 11.1 Å². The van der Waals surface area contributed by atoms with E-state index < -0.39 is 0 Å². The summed E-state index contributed by atoms with van der Waals surface area (Å²) >= 11 is 0. The summed E-state index contributed by atoms with van der Waals surface area (Å²) in [6.07, 6.45) is 0.250. The van der Waals surface area contributed by atoms with Crippen LogP contribution in [0.3, 0.4) is 0 Å². The van der Waals surface area contributed by atoms with Crippen LogP contribution in [0.15, 0.2) is 60.7 Å². The largest absolute Gasteiger partial charge is 0.282 e. The summed E-state index contributed by atoms with van der Waals surface area (Å²) in [6, 6.07) is 21.3. The number of hydrogen-bond donors (Lipinski definition) is 0. The lowest BCUT2D eigenvalue weighted by atomic mass is 10.1. The average Bonchev–Trinajstić information content (AvgIpc) is 2.48. The Bertz CT molecular complexity index is 488. The lowest BCUT2D eigenvalue weighted by molar-refractivity contribution is -0.0334. The minimum atomic E-state index is 0.250. The molecule has 0 atom stereocenters. The van der Waals surface area contributed by atoms with E-state index in [0.717, 1.165) is 13.1 Å². The van der Waals surface area contributed by atoms with Gasteiger partial charge in [-0.1, -0.05) is 60.7 Å². The fourth-order valence-corrected chi connectivity index (χ4v) is 2.97. The molecular formula is C19H27N3. The van der Waals surface area contributed by atoms with Gasteiger partial charge in [-0.15, -0.1) is 0 Å². The van der Waals surface area contributed by atoms with Gasteiger partial charge < -0.3 is 0 Å². The molecule has 2 aromatic carbocycles. The second-order valence-corrected chi connectivity index (χ2v) is 6.15.